The van der Waals surface area contributed by atoms with Crippen molar-refractivity contribution in [1.82, 2.24) is 9.97 Å². The number of hydrogen-bond donors (Lipinski definition) is 1. The highest BCUT2D eigenvalue weighted by atomic mass is 16.5. The lowest BCUT2D eigenvalue weighted by molar-refractivity contribution is 0.178. The van der Waals surface area contributed by atoms with Crippen molar-refractivity contribution in [3.05, 3.63) is 11.9 Å². The van der Waals surface area contributed by atoms with Crippen molar-refractivity contribution in [2.24, 2.45) is 0 Å². The first kappa shape index (κ1) is 13.7. The molecule has 0 bridgehead atoms. The first-order valence-corrected chi connectivity index (χ1v) is 6.01. The zero-order valence-corrected chi connectivity index (χ0v) is 10.9. The van der Waals surface area contributed by atoms with Gasteiger partial charge in [0.2, 0.25) is 0 Å². The van der Waals surface area contributed by atoms with Gasteiger partial charge in [0.15, 0.2) is 5.82 Å². The van der Waals surface area contributed by atoms with Crippen molar-refractivity contribution in [2.45, 2.75) is 32.8 Å². The number of ether oxygens (including phenoxy) is 1. The summed E-state index contributed by atoms with van der Waals surface area (Å²) in [6.07, 6.45) is 3.61. The van der Waals surface area contributed by atoms with Crippen molar-refractivity contribution in [3.63, 3.8) is 0 Å². The van der Waals surface area contributed by atoms with E-state index in [2.05, 4.69) is 21.8 Å². The normalized spacial score (nSPS) is 10.5. The second-order valence-electron chi connectivity index (χ2n) is 4.13. The Labute approximate surface area is 103 Å². The molecule has 1 aromatic heterocycles. The molecular weight excluding hydrogens is 216 g/mol. The van der Waals surface area contributed by atoms with E-state index in [0.717, 1.165) is 18.8 Å². The van der Waals surface area contributed by atoms with Gasteiger partial charge in [0.1, 0.15) is 18.2 Å². The topological polar surface area (TPSA) is 64.3 Å². The summed E-state index contributed by atoms with van der Waals surface area (Å²) in [5.74, 6) is 1.98. The molecule has 5 nitrogen and oxygen atoms in total. The fourth-order valence-electron chi connectivity index (χ4n) is 1.61. The van der Waals surface area contributed by atoms with Gasteiger partial charge in [-0.2, -0.15) is 0 Å². The Morgan fingerprint density at radius 2 is 2.12 bits per heavy atom. The van der Waals surface area contributed by atoms with Crippen LogP contribution in [-0.4, -0.2) is 30.7 Å². The Morgan fingerprint density at radius 3 is 2.76 bits per heavy atom. The van der Waals surface area contributed by atoms with Crippen LogP contribution in [0.2, 0.25) is 0 Å². The third kappa shape index (κ3) is 4.56. The van der Waals surface area contributed by atoms with Crippen LogP contribution in [0.5, 0.6) is 0 Å². The number of nitrogens with two attached hydrogens (primary N) is 1. The van der Waals surface area contributed by atoms with Crippen LogP contribution in [0.3, 0.4) is 0 Å². The van der Waals surface area contributed by atoms with Crippen LogP contribution in [0.1, 0.15) is 32.0 Å². The van der Waals surface area contributed by atoms with E-state index in [9.17, 15) is 0 Å². The highest BCUT2D eigenvalue weighted by Crippen LogP contribution is 2.13. The van der Waals surface area contributed by atoms with Gasteiger partial charge in [0, 0.05) is 26.8 Å². The smallest absolute Gasteiger partial charge is 0.158 e. The molecule has 0 saturated heterocycles. The van der Waals surface area contributed by atoms with E-state index in [1.54, 1.807) is 13.2 Å². The summed E-state index contributed by atoms with van der Waals surface area (Å²) in [5.41, 5.74) is 5.75. The van der Waals surface area contributed by atoms with E-state index in [1.807, 2.05) is 7.05 Å². The van der Waals surface area contributed by atoms with Gasteiger partial charge in [-0.25, -0.2) is 9.97 Å². The number of anilines is 2. The lowest BCUT2D eigenvalue weighted by atomic mass is 10.2. The molecule has 0 unspecified atom stereocenters. The third-order valence-corrected chi connectivity index (χ3v) is 2.54. The summed E-state index contributed by atoms with van der Waals surface area (Å²) >= 11 is 0. The van der Waals surface area contributed by atoms with Crippen molar-refractivity contribution in [3.8, 4) is 0 Å². The molecular formula is C12H22N4O. The quantitative estimate of drug-likeness (QED) is 0.734. The number of rotatable bonds is 7. The molecule has 0 aromatic carbocycles. The van der Waals surface area contributed by atoms with Crippen LogP contribution in [0.4, 0.5) is 11.6 Å². The molecule has 0 aliphatic heterocycles. The third-order valence-electron chi connectivity index (χ3n) is 2.54. The molecule has 1 heterocycles. The maximum Gasteiger partial charge on any atom is 0.158 e. The molecule has 0 aliphatic rings. The monoisotopic (exact) mass is 238 g/mol. The van der Waals surface area contributed by atoms with Gasteiger partial charge in [-0.1, -0.05) is 19.8 Å². The Hall–Kier alpha value is -1.36. The molecule has 0 fully saturated rings. The average Bonchev–Trinajstić information content (AvgIpc) is 2.29. The van der Waals surface area contributed by atoms with Crippen LogP contribution < -0.4 is 10.6 Å². The summed E-state index contributed by atoms with van der Waals surface area (Å²) in [7, 11) is 3.64. The van der Waals surface area contributed by atoms with Crippen LogP contribution in [0, 0.1) is 0 Å². The van der Waals surface area contributed by atoms with Crippen LogP contribution in [0.25, 0.3) is 0 Å². The fraction of sp³-hybridized carbons (Fsp3) is 0.667. The molecule has 0 spiro atoms. The molecule has 0 radical (unpaired) electrons. The molecule has 0 saturated carbocycles. The number of methoxy groups -OCH3 is 1. The molecule has 5 heteroatoms. The standard InChI is InChI=1S/C12H22N4O/c1-4-5-6-7-16(2)12-8-10(13)14-11(15-12)9-17-3/h8H,4-7,9H2,1-3H3,(H2,13,14,15). The second kappa shape index (κ2) is 7.06. The molecule has 0 aliphatic carbocycles. The van der Waals surface area contributed by atoms with Crippen LogP contribution in [-0.2, 0) is 11.3 Å². The van der Waals surface area contributed by atoms with E-state index in [4.69, 9.17) is 10.5 Å². The molecule has 0 amide bonds. The summed E-state index contributed by atoms with van der Waals surface area (Å²) < 4.78 is 5.02. The van der Waals surface area contributed by atoms with Crippen molar-refractivity contribution in [1.29, 1.82) is 0 Å². The largest absolute Gasteiger partial charge is 0.384 e. The summed E-state index contributed by atoms with van der Waals surface area (Å²) in [5, 5.41) is 0. The van der Waals surface area contributed by atoms with Crippen LogP contribution in [0.15, 0.2) is 6.07 Å². The maximum absolute atomic E-state index is 5.75. The highest BCUT2D eigenvalue weighted by Gasteiger charge is 2.06. The Bertz CT molecular complexity index is 343. The molecule has 1 rings (SSSR count). The van der Waals surface area contributed by atoms with Gasteiger partial charge < -0.3 is 15.4 Å². The molecule has 0 atom stereocenters. The van der Waals surface area contributed by atoms with Gasteiger partial charge in [0.25, 0.3) is 0 Å². The Balaban J connectivity index is 2.67. The number of nitrogens with zero attached hydrogens (tertiary/aromatic N) is 3. The SMILES string of the molecule is CCCCCN(C)c1cc(N)nc(COC)n1. The van der Waals surface area contributed by atoms with E-state index in [0.29, 0.717) is 18.2 Å². The molecule has 1 aromatic rings. The molecule has 17 heavy (non-hydrogen) atoms. The molecule has 96 valence electrons. The van der Waals surface area contributed by atoms with Gasteiger partial charge in [-0.05, 0) is 6.42 Å². The molecule has 2 N–H and O–H groups in total. The maximum atomic E-state index is 5.75. The van der Waals surface area contributed by atoms with Gasteiger partial charge >= 0.3 is 0 Å². The number of hydrogen-bond acceptors (Lipinski definition) is 5. The number of aromatic nitrogens is 2. The van der Waals surface area contributed by atoms with Crippen molar-refractivity contribution < 1.29 is 4.74 Å². The minimum absolute atomic E-state index is 0.390. The lowest BCUT2D eigenvalue weighted by Gasteiger charge is -2.18. The van der Waals surface area contributed by atoms with Gasteiger partial charge in [-0.3, -0.25) is 0 Å². The van der Waals surface area contributed by atoms with E-state index >= 15 is 0 Å². The minimum atomic E-state index is 0.390. The Kier molecular flexibility index (Phi) is 5.69. The first-order chi connectivity index (χ1) is 8.17. The predicted octanol–water partition coefficient (Wildman–Crippen LogP) is 1.83. The van der Waals surface area contributed by atoms with Gasteiger partial charge in [-0.15, -0.1) is 0 Å². The lowest BCUT2D eigenvalue weighted by Crippen LogP contribution is -2.21. The number of nitrogen functional groups attached to an aromatic ring is 1. The predicted molar refractivity (Wildman–Crippen MR) is 70.0 cm³/mol. The number of unbranched alkanes of at least 4 members (excludes halogenated alkanes) is 2. The zero-order valence-electron chi connectivity index (χ0n) is 10.9. The summed E-state index contributed by atoms with van der Waals surface area (Å²) in [6.45, 7) is 3.57. The average molecular weight is 238 g/mol. The van der Waals surface area contributed by atoms with E-state index in [1.165, 1.54) is 12.8 Å². The fourth-order valence-corrected chi connectivity index (χ4v) is 1.61. The van der Waals surface area contributed by atoms with Crippen LogP contribution >= 0.6 is 0 Å². The van der Waals surface area contributed by atoms with E-state index in [-0.39, 0.29) is 0 Å². The van der Waals surface area contributed by atoms with E-state index < -0.39 is 0 Å². The Morgan fingerprint density at radius 1 is 1.35 bits per heavy atom. The van der Waals surface area contributed by atoms with Crippen molar-refractivity contribution >= 4 is 11.6 Å². The first-order valence-electron chi connectivity index (χ1n) is 6.01. The second-order valence-corrected chi connectivity index (χ2v) is 4.13. The van der Waals surface area contributed by atoms with Crippen molar-refractivity contribution in [2.75, 3.05) is 31.3 Å². The minimum Gasteiger partial charge on any atom is -0.384 e. The highest BCUT2D eigenvalue weighted by molar-refractivity contribution is 5.46. The zero-order chi connectivity index (χ0) is 12.7. The van der Waals surface area contributed by atoms with Gasteiger partial charge in [0.05, 0.1) is 0 Å². The summed E-state index contributed by atoms with van der Waals surface area (Å²) in [4.78, 5) is 10.6. The summed E-state index contributed by atoms with van der Waals surface area (Å²) in [6, 6.07) is 1.80.